The Hall–Kier alpha value is -3.50. The largest absolute Gasteiger partial charge is 0.396 e. The molecular weight excluding hydrogens is 911 g/mol. The van der Waals surface area contributed by atoms with Gasteiger partial charge in [0.2, 0.25) is 11.8 Å². The summed E-state index contributed by atoms with van der Waals surface area (Å²) in [6.07, 6.45) is -7.62. The highest BCUT2D eigenvalue weighted by molar-refractivity contribution is 5.91. The number of nitrogens with one attached hydrogen (secondary N) is 3. The number of rotatable bonds is 22. The molecule has 5 aliphatic rings. The Morgan fingerprint density at radius 2 is 1.55 bits per heavy atom. The van der Waals surface area contributed by atoms with Crippen LogP contribution in [0.25, 0.3) is 0 Å². The second-order valence-electron chi connectivity index (χ2n) is 19.6. The van der Waals surface area contributed by atoms with Gasteiger partial charge >= 0.3 is 0 Å². The first-order valence-electron chi connectivity index (χ1n) is 24.5. The van der Waals surface area contributed by atoms with E-state index < -0.39 is 141 Å². The van der Waals surface area contributed by atoms with Gasteiger partial charge in [-0.25, -0.2) is 0 Å². The van der Waals surface area contributed by atoms with Gasteiger partial charge in [-0.1, -0.05) is 50.7 Å². The third kappa shape index (κ3) is 13.5. The smallest absolute Gasteiger partial charge is 0.273 e. The molecule has 0 spiro atoms. The van der Waals surface area contributed by atoms with Gasteiger partial charge in [-0.15, -0.1) is 5.10 Å². The summed E-state index contributed by atoms with van der Waals surface area (Å²) < 4.78 is 33.1. The lowest BCUT2D eigenvalue weighted by molar-refractivity contribution is -0.338. The number of aromatic nitrogens is 3. The number of aliphatic hydroxyl groups is 8. The molecule has 0 radical (unpaired) electrons. The van der Waals surface area contributed by atoms with Crippen LogP contribution in [0.2, 0.25) is 0 Å². The third-order valence-corrected chi connectivity index (χ3v) is 14.5. The van der Waals surface area contributed by atoms with Crippen molar-refractivity contribution in [1.29, 1.82) is 0 Å². The van der Waals surface area contributed by atoms with Crippen molar-refractivity contribution in [3.63, 3.8) is 0 Å². The quantitative estimate of drug-likeness (QED) is 0.0506. The van der Waals surface area contributed by atoms with Crippen molar-refractivity contribution in [2.24, 2.45) is 23.2 Å². The van der Waals surface area contributed by atoms with Crippen molar-refractivity contribution in [2.45, 2.75) is 171 Å². The number of likely N-dealkylation sites (tertiary alicyclic amines) is 1. The van der Waals surface area contributed by atoms with Crippen molar-refractivity contribution < 1.29 is 83.7 Å². The predicted molar refractivity (Wildman–Crippen MR) is 238 cm³/mol. The van der Waals surface area contributed by atoms with E-state index in [-0.39, 0.29) is 50.0 Å². The molecule has 0 aromatic carbocycles. The highest BCUT2D eigenvalue weighted by Crippen LogP contribution is 2.40. The average Bonchev–Trinajstić information content (AvgIpc) is 3.80. The van der Waals surface area contributed by atoms with E-state index in [0.717, 1.165) is 38.5 Å². The molecule has 2 saturated carbocycles. The van der Waals surface area contributed by atoms with Crippen LogP contribution in [0.1, 0.15) is 95.5 Å². The van der Waals surface area contributed by atoms with Crippen molar-refractivity contribution in [1.82, 2.24) is 35.8 Å². The van der Waals surface area contributed by atoms with Gasteiger partial charge in [-0.3, -0.25) is 23.9 Å². The summed E-state index contributed by atoms with van der Waals surface area (Å²) in [4.78, 5) is 55.5. The van der Waals surface area contributed by atoms with Crippen LogP contribution in [0.3, 0.4) is 0 Å². The highest BCUT2D eigenvalue weighted by atomic mass is 16.7. The summed E-state index contributed by atoms with van der Waals surface area (Å²) in [6, 6.07) is -1.26. The maximum atomic E-state index is 14.0. The molecule has 69 heavy (non-hydrogen) atoms. The SMILES string of the molecule is CCC1CC(C(=O)NCCNC(=O)c2cn(CC(CO)(CO)CO)nn2)C[C@@H](O[C@@H]2O[C@@H](CO)[C@H](O)C(O[C@@H](CC3CCCCC3)C(=O)N3CCC3)C2NC(C)=O)[C@@H]1O[C@@H]1OC(C)[C@@H](O)[C@H](O)C1O. The maximum Gasteiger partial charge on any atom is 0.273 e. The normalized spacial score (nSPS) is 33.8. The van der Waals surface area contributed by atoms with Crippen LogP contribution in [0, 0.1) is 23.2 Å². The average molecular weight is 986 g/mol. The molecule has 6 unspecified atom stereocenters. The van der Waals surface area contributed by atoms with Crippen molar-refractivity contribution in [3.8, 4) is 0 Å². The van der Waals surface area contributed by atoms with Gasteiger partial charge in [0.25, 0.3) is 11.8 Å². The van der Waals surface area contributed by atoms with E-state index in [9.17, 15) is 60.0 Å². The molecule has 24 heteroatoms. The predicted octanol–water partition coefficient (Wildman–Crippen LogP) is -3.34. The van der Waals surface area contributed by atoms with Crippen LogP contribution < -0.4 is 16.0 Å². The van der Waals surface area contributed by atoms with Gasteiger partial charge in [0, 0.05) is 39.0 Å². The van der Waals surface area contributed by atoms with Crippen LogP contribution in [-0.2, 0) is 44.6 Å². The number of aliphatic hydroxyl groups excluding tert-OH is 8. The number of amides is 4. The van der Waals surface area contributed by atoms with Gasteiger partial charge < -0.3 is 85.4 Å². The minimum Gasteiger partial charge on any atom is -0.396 e. The molecule has 1 aromatic heterocycles. The number of carbonyl (C=O) groups is 4. The van der Waals surface area contributed by atoms with E-state index in [1.807, 2.05) is 6.92 Å². The zero-order chi connectivity index (χ0) is 50.0. The molecule has 1 aromatic rings. The van der Waals surface area contributed by atoms with Crippen LogP contribution in [-0.4, -0.2) is 217 Å². The lowest BCUT2D eigenvalue weighted by atomic mass is 9.75. The first kappa shape index (κ1) is 54.8. The molecule has 11 N–H and O–H groups in total. The number of hydrogen-bond acceptors (Lipinski definition) is 19. The van der Waals surface area contributed by atoms with E-state index in [0.29, 0.717) is 25.9 Å². The van der Waals surface area contributed by atoms with Crippen LogP contribution in [0.5, 0.6) is 0 Å². The zero-order valence-corrected chi connectivity index (χ0v) is 39.8. The summed E-state index contributed by atoms with van der Waals surface area (Å²) in [5.74, 6) is -2.81. The Balaban J connectivity index is 1.21. The second-order valence-corrected chi connectivity index (χ2v) is 19.6. The monoisotopic (exact) mass is 986 g/mol. The van der Waals surface area contributed by atoms with Gasteiger partial charge in [0.15, 0.2) is 18.3 Å². The molecule has 2 aliphatic carbocycles. The Labute approximate surface area is 401 Å². The molecule has 4 amide bonds. The summed E-state index contributed by atoms with van der Waals surface area (Å²) in [6.45, 7) is 3.33. The number of hydrogen-bond donors (Lipinski definition) is 11. The van der Waals surface area contributed by atoms with E-state index in [2.05, 4.69) is 26.3 Å². The number of ether oxygens (including phenoxy) is 5. The van der Waals surface area contributed by atoms with Gasteiger partial charge in [0.05, 0.1) is 62.9 Å². The van der Waals surface area contributed by atoms with Gasteiger partial charge in [0.1, 0.15) is 48.8 Å². The maximum absolute atomic E-state index is 14.0. The summed E-state index contributed by atoms with van der Waals surface area (Å²) in [7, 11) is 0. The lowest BCUT2D eigenvalue weighted by Gasteiger charge is -2.49. The van der Waals surface area contributed by atoms with E-state index in [4.69, 9.17) is 23.7 Å². The molecule has 4 heterocycles. The summed E-state index contributed by atoms with van der Waals surface area (Å²) in [5.41, 5.74) is -1.36. The standard InChI is InChI=1S/C45H75N7O17/c1-4-27-16-28(40(62)46-11-12-47-41(63)29-18-52(50-49-29)20-45(21-54,22-55)23-56)17-30(38(27)69-44-37(61)36(60)34(58)24(2)65-44)67-43-33(48-25(3)57)39(35(59)32(19-53)68-43)66-31(42(64)51-13-8-14-51)15-26-9-6-5-7-10-26/h18,24,26-28,30-39,43-44,53-56,58-61H,4-17,19-23H2,1-3H3,(H,46,62)(H,47,63)(H,48,57)/t24?,27?,28?,30-,31+,32+,33?,34-,35+,36+,37?,38-,39?,43-,44+/m1/s1. The Morgan fingerprint density at radius 3 is 2.17 bits per heavy atom. The Kier molecular flexibility index (Phi) is 20.1. The topological polar surface area (TPSA) is 346 Å². The van der Waals surface area contributed by atoms with E-state index in [1.54, 1.807) is 4.90 Å². The number of carbonyl (C=O) groups excluding carboxylic acids is 4. The fraction of sp³-hybridized carbons (Fsp3) is 0.867. The fourth-order valence-corrected chi connectivity index (χ4v) is 10.0. The first-order chi connectivity index (χ1) is 33.0. The molecule has 6 rings (SSSR count). The molecule has 15 atom stereocenters. The highest BCUT2D eigenvalue weighted by Gasteiger charge is 2.53. The van der Waals surface area contributed by atoms with Gasteiger partial charge in [-0.05, 0) is 44.4 Å². The molecule has 3 aliphatic heterocycles. The van der Waals surface area contributed by atoms with Crippen molar-refractivity contribution >= 4 is 23.6 Å². The minimum atomic E-state index is -1.68. The van der Waals surface area contributed by atoms with E-state index >= 15 is 0 Å². The molecular formula is C45H75N7O17. The van der Waals surface area contributed by atoms with Crippen LogP contribution >= 0.6 is 0 Å². The zero-order valence-electron chi connectivity index (χ0n) is 39.8. The second kappa shape index (κ2) is 25.2. The molecule has 0 bridgehead atoms. The van der Waals surface area contributed by atoms with Crippen molar-refractivity contribution in [3.05, 3.63) is 11.9 Å². The lowest BCUT2D eigenvalue weighted by Crippen LogP contribution is -2.67. The minimum absolute atomic E-state index is 0.0100. The van der Waals surface area contributed by atoms with Crippen molar-refractivity contribution in [2.75, 3.05) is 52.6 Å². The Morgan fingerprint density at radius 1 is 0.855 bits per heavy atom. The van der Waals surface area contributed by atoms with Crippen LogP contribution in [0.4, 0.5) is 0 Å². The molecule has 5 fully saturated rings. The fourth-order valence-electron chi connectivity index (χ4n) is 10.0. The van der Waals surface area contributed by atoms with Crippen LogP contribution in [0.15, 0.2) is 6.20 Å². The number of nitrogens with zero attached hydrogens (tertiary/aromatic N) is 4. The summed E-state index contributed by atoms with van der Waals surface area (Å²) >= 11 is 0. The third-order valence-electron chi connectivity index (χ3n) is 14.5. The molecule has 24 nitrogen and oxygen atoms in total. The van der Waals surface area contributed by atoms with E-state index in [1.165, 1.54) is 24.7 Å². The molecule has 3 saturated heterocycles. The molecule has 392 valence electrons. The van der Waals surface area contributed by atoms with Gasteiger partial charge in [-0.2, -0.15) is 0 Å². The summed E-state index contributed by atoms with van der Waals surface area (Å²) in [5, 5.41) is 99.5. The Bertz CT molecular complexity index is 1810. The first-order valence-corrected chi connectivity index (χ1v) is 24.5.